The Hall–Kier alpha value is -0.610. The lowest BCUT2D eigenvalue weighted by atomic mass is 9.86. The van der Waals surface area contributed by atoms with Gasteiger partial charge in [0.05, 0.1) is 6.04 Å². The second kappa shape index (κ2) is 5.32. The fraction of sp³-hybridized carbons (Fsp3) is 0.900. The smallest absolute Gasteiger partial charge is 0.239 e. The Balaban J connectivity index is 4.18. The highest BCUT2D eigenvalue weighted by Crippen LogP contribution is 2.18. The van der Waals surface area contributed by atoms with Gasteiger partial charge in [-0.25, -0.2) is 0 Å². The third-order valence-corrected chi connectivity index (χ3v) is 2.27. The molecule has 84 valence electrons. The first kappa shape index (κ1) is 13.4. The average Bonchev–Trinajstić information content (AvgIpc) is 2.10. The predicted octanol–water partition coefficient (Wildman–Crippen LogP) is 0.0376. The Morgan fingerprint density at radius 2 is 2.00 bits per heavy atom. The van der Waals surface area contributed by atoms with E-state index in [0.29, 0.717) is 6.54 Å². The summed E-state index contributed by atoms with van der Waals surface area (Å²) in [4.78, 5) is 13.4. The zero-order valence-electron chi connectivity index (χ0n) is 9.92. The Kier molecular flexibility index (Phi) is 5.08. The molecule has 0 aromatic heterocycles. The van der Waals surface area contributed by atoms with Gasteiger partial charge in [0, 0.05) is 20.1 Å². The molecule has 0 aliphatic heterocycles. The Labute approximate surface area is 86.8 Å². The number of nitrogens with zero attached hydrogens (tertiary/aromatic N) is 1. The van der Waals surface area contributed by atoms with Crippen molar-refractivity contribution in [3.8, 4) is 0 Å². The van der Waals surface area contributed by atoms with Crippen LogP contribution >= 0.6 is 0 Å². The third kappa shape index (κ3) is 4.07. The molecular weight excluding hydrogens is 178 g/mol. The standard InChI is InChI=1S/C10H23N3O/c1-10(2,3)8(11)9(14)13(5)7-6-12-4/h8,12H,6-7,11H2,1-5H3. The van der Waals surface area contributed by atoms with Crippen LogP contribution in [-0.2, 0) is 4.79 Å². The van der Waals surface area contributed by atoms with Gasteiger partial charge in [0.25, 0.3) is 0 Å². The molecule has 0 spiro atoms. The summed E-state index contributed by atoms with van der Waals surface area (Å²) >= 11 is 0. The van der Waals surface area contributed by atoms with Gasteiger partial charge in [-0.15, -0.1) is 0 Å². The van der Waals surface area contributed by atoms with Crippen molar-refractivity contribution in [2.75, 3.05) is 27.2 Å². The molecule has 1 amide bonds. The number of amides is 1. The molecule has 0 rings (SSSR count). The van der Waals surface area contributed by atoms with Crippen LogP contribution in [0, 0.1) is 5.41 Å². The molecule has 1 unspecified atom stereocenters. The Bertz CT molecular complexity index is 186. The summed E-state index contributed by atoms with van der Waals surface area (Å²) in [7, 11) is 3.65. The first-order valence-electron chi connectivity index (χ1n) is 4.96. The largest absolute Gasteiger partial charge is 0.343 e. The number of nitrogens with two attached hydrogens (primary N) is 1. The quantitative estimate of drug-likeness (QED) is 0.675. The first-order chi connectivity index (χ1) is 6.30. The van der Waals surface area contributed by atoms with Crippen LogP contribution in [0.25, 0.3) is 0 Å². The molecular formula is C10H23N3O. The van der Waals surface area contributed by atoms with Crippen LogP contribution in [0.4, 0.5) is 0 Å². The molecule has 3 N–H and O–H groups in total. The average molecular weight is 201 g/mol. The second-order valence-electron chi connectivity index (χ2n) is 4.71. The summed E-state index contributed by atoms with van der Waals surface area (Å²) in [6.07, 6.45) is 0. The van der Waals surface area contributed by atoms with E-state index in [4.69, 9.17) is 5.73 Å². The summed E-state index contributed by atoms with van der Waals surface area (Å²) in [5.74, 6) is 0.00718. The highest BCUT2D eigenvalue weighted by Gasteiger charge is 2.29. The van der Waals surface area contributed by atoms with Crippen LogP contribution in [0.15, 0.2) is 0 Å². The van der Waals surface area contributed by atoms with Gasteiger partial charge in [-0.3, -0.25) is 4.79 Å². The van der Waals surface area contributed by atoms with E-state index in [1.54, 1.807) is 11.9 Å². The van der Waals surface area contributed by atoms with Gasteiger partial charge < -0.3 is 16.0 Å². The lowest BCUT2D eigenvalue weighted by molar-refractivity contribution is -0.133. The zero-order valence-corrected chi connectivity index (χ0v) is 9.92. The maximum atomic E-state index is 11.8. The van der Waals surface area contributed by atoms with E-state index in [1.165, 1.54) is 0 Å². The monoisotopic (exact) mass is 201 g/mol. The number of carbonyl (C=O) groups is 1. The number of hydrogen-bond donors (Lipinski definition) is 2. The summed E-state index contributed by atoms with van der Waals surface area (Å²) in [6, 6.07) is -0.427. The molecule has 0 bridgehead atoms. The molecule has 0 aromatic rings. The molecule has 4 nitrogen and oxygen atoms in total. The van der Waals surface area contributed by atoms with Gasteiger partial charge in [0.1, 0.15) is 0 Å². The molecule has 4 heteroatoms. The highest BCUT2D eigenvalue weighted by atomic mass is 16.2. The molecule has 0 saturated carbocycles. The van der Waals surface area contributed by atoms with E-state index >= 15 is 0 Å². The fourth-order valence-corrected chi connectivity index (χ4v) is 0.998. The predicted molar refractivity (Wildman–Crippen MR) is 59.0 cm³/mol. The van der Waals surface area contributed by atoms with Crippen LogP contribution < -0.4 is 11.1 Å². The van der Waals surface area contributed by atoms with Crippen molar-refractivity contribution in [1.29, 1.82) is 0 Å². The minimum absolute atomic E-state index is 0.00718. The Morgan fingerprint density at radius 1 is 1.50 bits per heavy atom. The number of carbonyl (C=O) groups excluding carboxylic acids is 1. The fourth-order valence-electron chi connectivity index (χ4n) is 0.998. The van der Waals surface area contributed by atoms with Gasteiger partial charge in [-0.2, -0.15) is 0 Å². The van der Waals surface area contributed by atoms with E-state index in [1.807, 2.05) is 27.8 Å². The number of rotatable bonds is 4. The van der Waals surface area contributed by atoms with E-state index in [-0.39, 0.29) is 11.3 Å². The normalized spacial score (nSPS) is 13.9. The molecule has 14 heavy (non-hydrogen) atoms. The summed E-state index contributed by atoms with van der Waals surface area (Å²) in [5, 5.41) is 3.00. The van der Waals surface area contributed by atoms with Crippen LogP contribution in [0.2, 0.25) is 0 Å². The van der Waals surface area contributed by atoms with Crippen molar-refractivity contribution in [3.05, 3.63) is 0 Å². The van der Waals surface area contributed by atoms with Gasteiger partial charge in [0.2, 0.25) is 5.91 Å². The molecule has 0 radical (unpaired) electrons. The molecule has 0 aliphatic rings. The SMILES string of the molecule is CNCCN(C)C(=O)C(N)C(C)(C)C. The highest BCUT2D eigenvalue weighted by molar-refractivity contribution is 5.82. The van der Waals surface area contributed by atoms with Crippen LogP contribution in [0.3, 0.4) is 0 Å². The molecule has 0 fully saturated rings. The van der Waals surface area contributed by atoms with Crippen molar-refractivity contribution in [1.82, 2.24) is 10.2 Å². The van der Waals surface area contributed by atoms with E-state index < -0.39 is 6.04 Å². The topological polar surface area (TPSA) is 58.4 Å². The van der Waals surface area contributed by atoms with Gasteiger partial charge >= 0.3 is 0 Å². The lowest BCUT2D eigenvalue weighted by Gasteiger charge is -2.29. The van der Waals surface area contributed by atoms with Crippen molar-refractivity contribution >= 4 is 5.91 Å². The van der Waals surface area contributed by atoms with Gasteiger partial charge in [0.15, 0.2) is 0 Å². The molecule has 0 aliphatic carbocycles. The van der Waals surface area contributed by atoms with Crippen molar-refractivity contribution in [2.24, 2.45) is 11.1 Å². The van der Waals surface area contributed by atoms with E-state index in [9.17, 15) is 4.79 Å². The maximum absolute atomic E-state index is 11.8. The maximum Gasteiger partial charge on any atom is 0.239 e. The van der Waals surface area contributed by atoms with Crippen LogP contribution in [0.1, 0.15) is 20.8 Å². The zero-order chi connectivity index (χ0) is 11.4. The summed E-state index contributed by atoms with van der Waals surface area (Å²) in [5.41, 5.74) is 5.68. The van der Waals surface area contributed by atoms with Crippen LogP contribution in [-0.4, -0.2) is 44.0 Å². The van der Waals surface area contributed by atoms with Gasteiger partial charge in [-0.05, 0) is 12.5 Å². The van der Waals surface area contributed by atoms with E-state index in [2.05, 4.69) is 5.32 Å². The summed E-state index contributed by atoms with van der Waals surface area (Å²) in [6.45, 7) is 7.41. The second-order valence-corrected chi connectivity index (χ2v) is 4.71. The Morgan fingerprint density at radius 3 is 2.36 bits per heavy atom. The lowest BCUT2D eigenvalue weighted by Crippen LogP contribution is -2.50. The van der Waals surface area contributed by atoms with Crippen molar-refractivity contribution in [2.45, 2.75) is 26.8 Å². The van der Waals surface area contributed by atoms with Gasteiger partial charge in [-0.1, -0.05) is 20.8 Å². The third-order valence-electron chi connectivity index (χ3n) is 2.27. The van der Waals surface area contributed by atoms with Crippen molar-refractivity contribution < 1.29 is 4.79 Å². The van der Waals surface area contributed by atoms with E-state index in [0.717, 1.165) is 6.54 Å². The minimum atomic E-state index is -0.427. The first-order valence-corrected chi connectivity index (χ1v) is 4.96. The number of nitrogens with one attached hydrogen (secondary N) is 1. The minimum Gasteiger partial charge on any atom is -0.343 e. The summed E-state index contributed by atoms with van der Waals surface area (Å²) < 4.78 is 0. The molecule has 1 atom stereocenters. The number of hydrogen-bond acceptors (Lipinski definition) is 3. The van der Waals surface area contributed by atoms with Crippen LogP contribution in [0.5, 0.6) is 0 Å². The molecule has 0 saturated heterocycles. The molecule has 0 heterocycles. The van der Waals surface area contributed by atoms with Crippen molar-refractivity contribution in [3.63, 3.8) is 0 Å². The number of likely N-dealkylation sites (N-methyl/N-ethyl adjacent to an activating group) is 2. The molecule has 0 aromatic carbocycles.